The second-order valence-electron chi connectivity index (χ2n) is 6.05. The van der Waals surface area contributed by atoms with Gasteiger partial charge in [-0.15, -0.1) is 0 Å². The lowest BCUT2D eigenvalue weighted by Gasteiger charge is -2.25. The third-order valence-corrected chi connectivity index (χ3v) is 4.37. The van der Waals surface area contributed by atoms with Crippen LogP contribution >= 0.6 is 0 Å². The van der Waals surface area contributed by atoms with E-state index in [1.54, 1.807) is 4.90 Å². The SMILES string of the molecule is N[C@H]1CCC[C@H](C(=O)Nc2cccc(N3CCNC3=O)c2)C1. The fraction of sp³-hybridized carbons (Fsp3) is 0.500. The van der Waals surface area contributed by atoms with Crippen LogP contribution in [0.2, 0.25) is 0 Å². The quantitative estimate of drug-likeness (QED) is 0.793. The summed E-state index contributed by atoms with van der Waals surface area (Å²) in [5.74, 6) is 0.0145. The number of nitrogens with zero attached hydrogens (tertiary/aromatic N) is 1. The van der Waals surface area contributed by atoms with E-state index in [2.05, 4.69) is 10.6 Å². The maximum Gasteiger partial charge on any atom is 0.321 e. The van der Waals surface area contributed by atoms with Gasteiger partial charge in [-0.1, -0.05) is 12.5 Å². The molecule has 3 amide bonds. The van der Waals surface area contributed by atoms with E-state index in [4.69, 9.17) is 5.73 Å². The fourth-order valence-corrected chi connectivity index (χ4v) is 3.18. The maximum absolute atomic E-state index is 12.4. The molecular weight excluding hydrogens is 280 g/mol. The Morgan fingerprint density at radius 2 is 2.23 bits per heavy atom. The van der Waals surface area contributed by atoms with Crippen LogP contribution in [0.5, 0.6) is 0 Å². The Kier molecular flexibility index (Phi) is 4.29. The van der Waals surface area contributed by atoms with Crippen LogP contribution in [0.3, 0.4) is 0 Å². The molecule has 2 aliphatic rings. The van der Waals surface area contributed by atoms with Gasteiger partial charge < -0.3 is 16.4 Å². The molecule has 1 aromatic carbocycles. The summed E-state index contributed by atoms with van der Waals surface area (Å²) in [7, 11) is 0. The molecule has 2 fully saturated rings. The summed E-state index contributed by atoms with van der Waals surface area (Å²) in [5, 5.41) is 5.73. The first kappa shape index (κ1) is 14.8. The number of anilines is 2. The van der Waals surface area contributed by atoms with Gasteiger partial charge in [-0.05, 0) is 37.5 Å². The second-order valence-corrected chi connectivity index (χ2v) is 6.05. The number of benzene rings is 1. The molecule has 6 heteroatoms. The van der Waals surface area contributed by atoms with Gasteiger partial charge in [-0.25, -0.2) is 4.79 Å². The van der Waals surface area contributed by atoms with Crippen molar-refractivity contribution in [2.45, 2.75) is 31.7 Å². The molecule has 1 heterocycles. The molecule has 118 valence electrons. The van der Waals surface area contributed by atoms with Crippen molar-refractivity contribution >= 4 is 23.3 Å². The molecule has 0 spiro atoms. The zero-order valence-corrected chi connectivity index (χ0v) is 12.5. The monoisotopic (exact) mass is 302 g/mol. The molecule has 6 nitrogen and oxygen atoms in total. The molecule has 1 aliphatic carbocycles. The molecule has 1 aromatic rings. The van der Waals surface area contributed by atoms with Crippen molar-refractivity contribution in [2.24, 2.45) is 11.7 Å². The third-order valence-electron chi connectivity index (χ3n) is 4.37. The van der Waals surface area contributed by atoms with E-state index in [-0.39, 0.29) is 23.9 Å². The smallest absolute Gasteiger partial charge is 0.321 e. The number of urea groups is 1. The first-order chi connectivity index (χ1) is 10.6. The summed E-state index contributed by atoms with van der Waals surface area (Å²) < 4.78 is 0. The molecule has 1 aliphatic heterocycles. The van der Waals surface area contributed by atoms with Gasteiger partial charge in [0.15, 0.2) is 0 Å². The summed E-state index contributed by atoms with van der Waals surface area (Å²) in [6.45, 7) is 1.29. The van der Waals surface area contributed by atoms with Crippen LogP contribution in [0.1, 0.15) is 25.7 Å². The van der Waals surface area contributed by atoms with Crippen molar-refractivity contribution in [1.82, 2.24) is 5.32 Å². The molecule has 2 atom stereocenters. The number of rotatable bonds is 3. The van der Waals surface area contributed by atoms with Gasteiger partial charge in [0.25, 0.3) is 0 Å². The first-order valence-electron chi connectivity index (χ1n) is 7.85. The number of amides is 3. The van der Waals surface area contributed by atoms with Crippen LogP contribution in [0.25, 0.3) is 0 Å². The van der Waals surface area contributed by atoms with Gasteiger partial charge >= 0.3 is 6.03 Å². The number of carbonyl (C=O) groups is 2. The fourth-order valence-electron chi connectivity index (χ4n) is 3.18. The average Bonchev–Trinajstić information content (AvgIpc) is 2.94. The summed E-state index contributed by atoms with van der Waals surface area (Å²) in [5.41, 5.74) is 7.47. The van der Waals surface area contributed by atoms with Crippen LogP contribution in [0.15, 0.2) is 24.3 Å². The molecule has 0 aromatic heterocycles. The molecule has 0 bridgehead atoms. The lowest BCUT2D eigenvalue weighted by Crippen LogP contribution is -2.34. The largest absolute Gasteiger partial charge is 0.336 e. The standard InChI is InChI=1S/C16H22N4O2/c17-12-4-1-3-11(9-12)15(21)19-13-5-2-6-14(10-13)20-8-7-18-16(20)22/h2,5-6,10-12H,1,3-4,7-9,17H2,(H,18,22)(H,19,21)/t11-,12-/m0/s1. The molecule has 22 heavy (non-hydrogen) atoms. The molecule has 0 radical (unpaired) electrons. The van der Waals surface area contributed by atoms with Gasteiger partial charge in [0, 0.05) is 36.4 Å². The van der Waals surface area contributed by atoms with E-state index in [0.29, 0.717) is 13.1 Å². The Hall–Kier alpha value is -2.08. The predicted molar refractivity (Wildman–Crippen MR) is 85.7 cm³/mol. The zero-order valence-electron chi connectivity index (χ0n) is 12.5. The summed E-state index contributed by atoms with van der Waals surface area (Å²) in [6.07, 6.45) is 3.66. The van der Waals surface area contributed by atoms with E-state index in [9.17, 15) is 9.59 Å². The average molecular weight is 302 g/mol. The van der Waals surface area contributed by atoms with Gasteiger partial charge in [0.1, 0.15) is 0 Å². The topological polar surface area (TPSA) is 87.5 Å². The number of carbonyl (C=O) groups excluding carboxylic acids is 2. The minimum absolute atomic E-state index is 0.0116. The highest BCUT2D eigenvalue weighted by Crippen LogP contribution is 2.26. The predicted octanol–water partition coefficient (Wildman–Crippen LogP) is 1.67. The van der Waals surface area contributed by atoms with E-state index in [1.807, 2.05) is 24.3 Å². The molecule has 4 N–H and O–H groups in total. The highest BCUT2D eigenvalue weighted by Gasteiger charge is 2.26. The number of hydrogen-bond donors (Lipinski definition) is 3. The Morgan fingerprint density at radius 1 is 1.36 bits per heavy atom. The van der Waals surface area contributed by atoms with Crippen molar-refractivity contribution < 1.29 is 9.59 Å². The number of nitrogens with one attached hydrogen (secondary N) is 2. The van der Waals surface area contributed by atoms with Gasteiger partial charge in [0.05, 0.1) is 0 Å². The molecular formula is C16H22N4O2. The normalized spacial score (nSPS) is 25.0. The van der Waals surface area contributed by atoms with Crippen LogP contribution in [-0.2, 0) is 4.79 Å². The highest BCUT2D eigenvalue weighted by molar-refractivity contribution is 5.96. The summed E-state index contributed by atoms with van der Waals surface area (Å²) >= 11 is 0. The number of hydrogen-bond acceptors (Lipinski definition) is 3. The lowest BCUT2D eigenvalue weighted by molar-refractivity contribution is -0.120. The van der Waals surface area contributed by atoms with Crippen LogP contribution < -0.4 is 21.3 Å². The van der Waals surface area contributed by atoms with Crippen molar-refractivity contribution in [3.63, 3.8) is 0 Å². The van der Waals surface area contributed by atoms with Crippen LogP contribution in [0.4, 0.5) is 16.2 Å². The lowest BCUT2D eigenvalue weighted by atomic mass is 9.85. The minimum Gasteiger partial charge on any atom is -0.336 e. The Balaban J connectivity index is 1.67. The van der Waals surface area contributed by atoms with Crippen molar-refractivity contribution in [1.29, 1.82) is 0 Å². The Labute approximate surface area is 130 Å². The summed E-state index contributed by atoms with van der Waals surface area (Å²) in [4.78, 5) is 25.7. The molecule has 3 rings (SSSR count). The number of nitrogens with two attached hydrogens (primary N) is 1. The maximum atomic E-state index is 12.4. The van der Waals surface area contributed by atoms with E-state index in [1.165, 1.54) is 0 Å². The van der Waals surface area contributed by atoms with E-state index >= 15 is 0 Å². The van der Waals surface area contributed by atoms with Crippen LogP contribution in [0, 0.1) is 5.92 Å². The molecule has 1 saturated heterocycles. The molecule has 1 saturated carbocycles. The van der Waals surface area contributed by atoms with Gasteiger partial charge in [-0.3, -0.25) is 9.69 Å². The van der Waals surface area contributed by atoms with Crippen LogP contribution in [-0.4, -0.2) is 31.1 Å². The van der Waals surface area contributed by atoms with E-state index < -0.39 is 0 Å². The van der Waals surface area contributed by atoms with Gasteiger partial charge in [0.2, 0.25) is 5.91 Å². The Morgan fingerprint density at radius 3 is 2.95 bits per heavy atom. The molecule has 0 unspecified atom stereocenters. The van der Waals surface area contributed by atoms with E-state index in [0.717, 1.165) is 37.1 Å². The first-order valence-corrected chi connectivity index (χ1v) is 7.85. The minimum atomic E-state index is -0.0956. The third kappa shape index (κ3) is 3.22. The van der Waals surface area contributed by atoms with Crippen molar-refractivity contribution in [3.05, 3.63) is 24.3 Å². The zero-order chi connectivity index (χ0) is 15.5. The van der Waals surface area contributed by atoms with Crippen molar-refractivity contribution in [2.75, 3.05) is 23.3 Å². The van der Waals surface area contributed by atoms with Crippen molar-refractivity contribution in [3.8, 4) is 0 Å². The highest BCUT2D eigenvalue weighted by atomic mass is 16.2. The summed E-state index contributed by atoms with van der Waals surface area (Å²) in [6, 6.07) is 7.44. The second kappa shape index (κ2) is 6.36. The Bertz CT molecular complexity index is 575. The van der Waals surface area contributed by atoms with Gasteiger partial charge in [-0.2, -0.15) is 0 Å².